The van der Waals surface area contributed by atoms with Crippen molar-refractivity contribution < 1.29 is 5.11 Å². The molecule has 2 aromatic rings. The van der Waals surface area contributed by atoms with Gasteiger partial charge in [0.2, 0.25) is 0 Å². The highest BCUT2D eigenvalue weighted by molar-refractivity contribution is 5.73. The molecule has 1 saturated heterocycles. The molecule has 2 aliphatic heterocycles. The molecule has 146 valence electrons. The van der Waals surface area contributed by atoms with Crippen molar-refractivity contribution in [2.45, 2.75) is 45.1 Å². The zero-order valence-corrected chi connectivity index (χ0v) is 16.6. The van der Waals surface area contributed by atoms with Gasteiger partial charge in [-0.3, -0.25) is 0 Å². The molecule has 0 unspecified atom stereocenters. The molecule has 0 aliphatic carbocycles. The first kappa shape index (κ1) is 18.7. The van der Waals surface area contributed by atoms with Gasteiger partial charge in [-0.05, 0) is 75.5 Å². The summed E-state index contributed by atoms with van der Waals surface area (Å²) in [6.45, 7) is 5.16. The minimum atomic E-state index is 0.0869. The number of benzene rings is 1. The van der Waals surface area contributed by atoms with Crippen LogP contribution in [0.15, 0.2) is 18.2 Å². The number of hydrogen-bond acceptors (Lipinski definition) is 6. The number of anilines is 1. The molecule has 28 heavy (non-hydrogen) atoms. The van der Waals surface area contributed by atoms with E-state index in [0.717, 1.165) is 37.3 Å². The monoisotopic (exact) mass is 377 g/mol. The number of fused-ring (bicyclic) bond motifs is 1. The van der Waals surface area contributed by atoms with Crippen molar-refractivity contribution >= 4 is 5.82 Å². The van der Waals surface area contributed by atoms with Crippen molar-refractivity contribution in [2.75, 3.05) is 31.6 Å². The van der Waals surface area contributed by atoms with E-state index in [0.29, 0.717) is 22.9 Å². The number of aromatic nitrogens is 2. The van der Waals surface area contributed by atoms with Crippen LogP contribution in [0, 0.1) is 18.3 Å². The number of phenols is 1. The van der Waals surface area contributed by atoms with Gasteiger partial charge in [-0.1, -0.05) is 6.42 Å². The minimum absolute atomic E-state index is 0.0869. The highest BCUT2D eigenvalue weighted by Gasteiger charge is 2.28. The summed E-state index contributed by atoms with van der Waals surface area (Å²) in [7, 11) is 2.20. The van der Waals surface area contributed by atoms with Crippen LogP contribution in [0.1, 0.15) is 42.4 Å². The summed E-state index contributed by atoms with van der Waals surface area (Å²) in [5.74, 6) is 1.09. The Morgan fingerprint density at radius 1 is 1.14 bits per heavy atom. The number of aromatic hydroxyl groups is 1. The van der Waals surface area contributed by atoms with Crippen LogP contribution < -0.4 is 4.90 Å². The summed E-state index contributed by atoms with van der Waals surface area (Å²) < 4.78 is 0. The van der Waals surface area contributed by atoms with Gasteiger partial charge in [0.25, 0.3) is 0 Å². The molecule has 3 heterocycles. The van der Waals surface area contributed by atoms with Crippen LogP contribution in [-0.4, -0.2) is 52.9 Å². The van der Waals surface area contributed by atoms with E-state index in [-0.39, 0.29) is 5.75 Å². The van der Waals surface area contributed by atoms with Gasteiger partial charge < -0.3 is 14.9 Å². The van der Waals surface area contributed by atoms with Crippen LogP contribution >= 0.6 is 0 Å². The summed E-state index contributed by atoms with van der Waals surface area (Å²) in [5, 5.41) is 28.6. The van der Waals surface area contributed by atoms with Crippen molar-refractivity contribution in [3.05, 3.63) is 34.9 Å². The van der Waals surface area contributed by atoms with Gasteiger partial charge in [0.15, 0.2) is 5.82 Å². The van der Waals surface area contributed by atoms with Gasteiger partial charge >= 0.3 is 0 Å². The molecular formula is C22H27N5O. The molecule has 0 amide bonds. The summed E-state index contributed by atoms with van der Waals surface area (Å²) in [4.78, 5) is 4.87. The maximum Gasteiger partial charge on any atom is 0.154 e. The molecule has 1 fully saturated rings. The smallest absolute Gasteiger partial charge is 0.154 e. The largest absolute Gasteiger partial charge is 0.507 e. The second kappa shape index (κ2) is 7.76. The van der Waals surface area contributed by atoms with E-state index in [1.165, 1.54) is 37.4 Å². The topological polar surface area (TPSA) is 76.3 Å². The van der Waals surface area contributed by atoms with Crippen LogP contribution in [0.5, 0.6) is 5.75 Å². The summed E-state index contributed by atoms with van der Waals surface area (Å²) in [6.07, 6.45) is 5.80. The molecule has 1 aromatic carbocycles. The Labute approximate surface area is 166 Å². The molecule has 1 atom stereocenters. The number of likely N-dealkylation sites (tertiary alicyclic amines) is 1. The fourth-order valence-corrected chi connectivity index (χ4v) is 4.60. The quantitative estimate of drug-likeness (QED) is 0.866. The highest BCUT2D eigenvalue weighted by Crippen LogP contribution is 2.36. The number of likely N-dealkylation sites (N-methyl/N-ethyl adjacent to an activating group) is 1. The number of hydrogen-bond donors (Lipinski definition) is 1. The van der Waals surface area contributed by atoms with Crippen LogP contribution in [0.2, 0.25) is 0 Å². The Kier molecular flexibility index (Phi) is 5.19. The number of nitriles is 1. The van der Waals surface area contributed by atoms with E-state index < -0.39 is 0 Å². The van der Waals surface area contributed by atoms with E-state index in [4.69, 9.17) is 5.26 Å². The summed E-state index contributed by atoms with van der Waals surface area (Å²) in [6, 6.07) is 7.92. The van der Waals surface area contributed by atoms with Crippen molar-refractivity contribution in [2.24, 2.45) is 0 Å². The molecule has 6 nitrogen and oxygen atoms in total. The number of rotatable bonds is 2. The van der Waals surface area contributed by atoms with E-state index >= 15 is 0 Å². The average molecular weight is 377 g/mol. The zero-order chi connectivity index (χ0) is 19.7. The molecular weight excluding hydrogens is 350 g/mol. The molecule has 4 rings (SSSR count). The van der Waals surface area contributed by atoms with Gasteiger partial charge in [0, 0.05) is 24.7 Å². The highest BCUT2D eigenvalue weighted by atomic mass is 16.3. The first-order valence-electron chi connectivity index (χ1n) is 10.1. The van der Waals surface area contributed by atoms with E-state index in [1.54, 1.807) is 6.07 Å². The minimum Gasteiger partial charge on any atom is -0.507 e. The van der Waals surface area contributed by atoms with E-state index in [9.17, 15) is 5.11 Å². The number of nitrogens with zero attached hydrogens (tertiary/aromatic N) is 5. The van der Waals surface area contributed by atoms with Gasteiger partial charge in [-0.2, -0.15) is 5.26 Å². The lowest BCUT2D eigenvalue weighted by molar-refractivity contribution is 0.323. The normalized spacial score (nSPS) is 20.3. The average Bonchev–Trinajstić information content (AvgIpc) is 2.91. The summed E-state index contributed by atoms with van der Waals surface area (Å²) >= 11 is 0. The van der Waals surface area contributed by atoms with Crippen molar-refractivity contribution in [1.29, 1.82) is 5.26 Å². The Balaban J connectivity index is 1.68. The number of phenolic OH excluding ortho intramolecular Hbond substituents is 1. The van der Waals surface area contributed by atoms with Crippen LogP contribution in [0.25, 0.3) is 11.3 Å². The van der Waals surface area contributed by atoms with Crippen molar-refractivity contribution in [1.82, 2.24) is 15.1 Å². The third-order valence-corrected chi connectivity index (χ3v) is 5.96. The van der Waals surface area contributed by atoms with Crippen molar-refractivity contribution in [3.63, 3.8) is 0 Å². The first-order valence-corrected chi connectivity index (χ1v) is 10.1. The molecule has 0 bridgehead atoms. The van der Waals surface area contributed by atoms with Crippen LogP contribution in [0.3, 0.4) is 0 Å². The fourth-order valence-electron chi connectivity index (χ4n) is 4.60. The third kappa shape index (κ3) is 3.55. The van der Waals surface area contributed by atoms with Gasteiger partial charge in [-0.15, -0.1) is 10.2 Å². The molecule has 1 N–H and O–H groups in total. The Morgan fingerprint density at radius 2 is 2.00 bits per heavy atom. The molecule has 0 spiro atoms. The van der Waals surface area contributed by atoms with Gasteiger partial charge in [0.05, 0.1) is 17.3 Å². The van der Waals surface area contributed by atoms with Crippen molar-refractivity contribution in [3.8, 4) is 23.1 Å². The van der Waals surface area contributed by atoms with Crippen LogP contribution in [-0.2, 0) is 6.42 Å². The molecule has 1 aromatic heterocycles. The maximum atomic E-state index is 10.4. The second-order valence-electron chi connectivity index (χ2n) is 8.09. The lowest BCUT2D eigenvalue weighted by Crippen LogP contribution is -2.45. The van der Waals surface area contributed by atoms with E-state index in [2.05, 4.69) is 39.2 Å². The molecule has 2 aliphatic rings. The summed E-state index contributed by atoms with van der Waals surface area (Å²) in [5.41, 5.74) is 3.84. The second-order valence-corrected chi connectivity index (χ2v) is 8.09. The third-order valence-electron chi connectivity index (χ3n) is 5.96. The van der Waals surface area contributed by atoms with Crippen LogP contribution in [0.4, 0.5) is 5.82 Å². The Bertz CT molecular complexity index is 897. The first-order chi connectivity index (χ1) is 13.6. The lowest BCUT2D eigenvalue weighted by atomic mass is 9.97. The predicted molar refractivity (Wildman–Crippen MR) is 109 cm³/mol. The fraction of sp³-hybridized carbons (Fsp3) is 0.500. The Morgan fingerprint density at radius 3 is 2.79 bits per heavy atom. The predicted octanol–water partition coefficient (Wildman–Crippen LogP) is 3.27. The molecule has 0 saturated carbocycles. The maximum absolute atomic E-state index is 10.4. The van der Waals surface area contributed by atoms with Gasteiger partial charge in [-0.25, -0.2) is 0 Å². The number of aryl methyl sites for hydroxylation is 2. The molecule has 6 heteroatoms. The van der Waals surface area contributed by atoms with Gasteiger partial charge in [0.1, 0.15) is 5.75 Å². The standard InChI is InChI=1S/C22H27N5O/c1-15-10-16(13-23)11-20(28)21(15)19-12-17-6-5-9-27(22(17)25-24-19)18-7-3-4-8-26(2)14-18/h10-12,18,28H,3-9,14H2,1-2H3/t18-/m1/s1. The SMILES string of the molecule is Cc1cc(C#N)cc(O)c1-c1cc2c(nn1)N([C@@H]1CCCCN(C)C1)CCC2. The lowest BCUT2D eigenvalue weighted by Gasteiger charge is -2.37. The molecule has 0 radical (unpaired) electrons. The van der Waals surface area contributed by atoms with E-state index in [1.807, 2.05) is 6.92 Å². The zero-order valence-electron chi connectivity index (χ0n) is 16.6. The Hall–Kier alpha value is -2.65.